The Morgan fingerprint density at radius 1 is 1.32 bits per heavy atom. The highest BCUT2D eigenvalue weighted by molar-refractivity contribution is 9.10. The molecule has 0 radical (unpaired) electrons. The third-order valence-electron chi connectivity index (χ3n) is 2.83. The third kappa shape index (κ3) is 3.10. The summed E-state index contributed by atoms with van der Waals surface area (Å²) in [6, 6.07) is 1.94. The lowest BCUT2D eigenvalue weighted by molar-refractivity contribution is 0.633. The van der Waals surface area contributed by atoms with Crippen LogP contribution in [0.15, 0.2) is 22.9 Å². The Morgan fingerprint density at radius 2 is 2.05 bits per heavy atom. The Kier molecular flexibility index (Phi) is 4.14. The van der Waals surface area contributed by atoms with Gasteiger partial charge in [0.2, 0.25) is 0 Å². The molecule has 0 saturated carbocycles. The molecule has 5 heteroatoms. The number of pyridine rings is 1. The maximum atomic E-state index is 5.97. The van der Waals surface area contributed by atoms with E-state index in [1.165, 1.54) is 0 Å². The summed E-state index contributed by atoms with van der Waals surface area (Å²) in [4.78, 5) is 13.1. The van der Waals surface area contributed by atoms with Gasteiger partial charge in [0.05, 0.1) is 10.2 Å². The average Bonchev–Trinajstić information content (AvgIpc) is 2.35. The summed E-state index contributed by atoms with van der Waals surface area (Å²) in [6.07, 6.45) is 4.40. The number of nitrogens with zero attached hydrogens (tertiary/aromatic N) is 3. The molecule has 0 spiro atoms. The van der Waals surface area contributed by atoms with Gasteiger partial charge >= 0.3 is 0 Å². The monoisotopic (exact) mass is 320 g/mol. The Morgan fingerprint density at radius 3 is 2.68 bits per heavy atom. The topological polar surface area (TPSA) is 64.7 Å². The molecule has 4 nitrogen and oxygen atoms in total. The van der Waals surface area contributed by atoms with Crippen LogP contribution in [0.25, 0.3) is 11.4 Å². The molecule has 0 aromatic carbocycles. The van der Waals surface area contributed by atoms with Crippen LogP contribution in [0.4, 0.5) is 5.82 Å². The van der Waals surface area contributed by atoms with E-state index in [2.05, 4.69) is 44.7 Å². The van der Waals surface area contributed by atoms with Crippen LogP contribution in [0.2, 0.25) is 0 Å². The second-order valence-electron chi connectivity index (χ2n) is 4.98. The number of hydrogen-bond donors (Lipinski definition) is 1. The van der Waals surface area contributed by atoms with Crippen LogP contribution in [-0.4, -0.2) is 15.0 Å². The summed E-state index contributed by atoms with van der Waals surface area (Å²) >= 11 is 3.47. The van der Waals surface area contributed by atoms with Gasteiger partial charge in [-0.3, -0.25) is 4.98 Å². The van der Waals surface area contributed by atoms with Crippen LogP contribution in [0.1, 0.15) is 25.1 Å². The minimum absolute atomic E-state index is 0.476. The minimum atomic E-state index is 0.476. The van der Waals surface area contributed by atoms with Crippen LogP contribution in [-0.2, 0) is 6.42 Å². The zero-order valence-corrected chi connectivity index (χ0v) is 12.9. The molecule has 0 aliphatic rings. The molecule has 2 N–H and O–H groups in total. The molecule has 2 aromatic heterocycles. The second kappa shape index (κ2) is 5.65. The molecule has 2 rings (SSSR count). The Hall–Kier alpha value is -1.49. The first-order valence-electron chi connectivity index (χ1n) is 6.22. The van der Waals surface area contributed by atoms with E-state index in [1.807, 2.05) is 13.0 Å². The zero-order chi connectivity index (χ0) is 14.0. The first-order valence-corrected chi connectivity index (χ1v) is 7.01. The fourth-order valence-electron chi connectivity index (χ4n) is 1.85. The van der Waals surface area contributed by atoms with Gasteiger partial charge in [-0.1, -0.05) is 13.8 Å². The highest BCUT2D eigenvalue weighted by Crippen LogP contribution is 2.27. The van der Waals surface area contributed by atoms with E-state index < -0.39 is 0 Å². The van der Waals surface area contributed by atoms with Crippen molar-refractivity contribution in [1.29, 1.82) is 0 Å². The van der Waals surface area contributed by atoms with Gasteiger partial charge in [-0.25, -0.2) is 9.97 Å². The van der Waals surface area contributed by atoms with Gasteiger partial charge in [-0.2, -0.15) is 0 Å². The Labute approximate surface area is 121 Å². The summed E-state index contributed by atoms with van der Waals surface area (Å²) in [5.41, 5.74) is 8.92. The SMILES string of the molecule is Cc1ccncc1-c1nc(N)c(Br)c(CC(C)C)n1. The molecular weight excluding hydrogens is 304 g/mol. The predicted molar refractivity (Wildman–Crippen MR) is 80.7 cm³/mol. The van der Waals surface area contributed by atoms with Crippen molar-refractivity contribution >= 4 is 21.7 Å². The molecular formula is C14H17BrN4. The van der Waals surface area contributed by atoms with E-state index in [1.54, 1.807) is 12.4 Å². The van der Waals surface area contributed by atoms with Crippen LogP contribution < -0.4 is 5.73 Å². The lowest BCUT2D eigenvalue weighted by atomic mass is 10.1. The first-order chi connectivity index (χ1) is 8.99. The summed E-state index contributed by atoms with van der Waals surface area (Å²) in [7, 11) is 0. The van der Waals surface area contributed by atoms with Crippen molar-refractivity contribution in [1.82, 2.24) is 15.0 Å². The number of rotatable bonds is 3. The summed E-state index contributed by atoms with van der Waals surface area (Å²) in [6.45, 7) is 6.32. The van der Waals surface area contributed by atoms with Crippen molar-refractivity contribution in [2.75, 3.05) is 5.73 Å². The van der Waals surface area contributed by atoms with Crippen molar-refractivity contribution in [3.8, 4) is 11.4 Å². The molecule has 0 saturated heterocycles. The third-order valence-corrected chi connectivity index (χ3v) is 3.69. The van der Waals surface area contributed by atoms with E-state index in [-0.39, 0.29) is 0 Å². The molecule has 0 amide bonds. The summed E-state index contributed by atoms with van der Waals surface area (Å²) < 4.78 is 0.798. The van der Waals surface area contributed by atoms with Gasteiger partial charge in [-0.15, -0.1) is 0 Å². The molecule has 2 aromatic rings. The fourth-order valence-corrected chi connectivity index (χ4v) is 2.19. The molecule has 19 heavy (non-hydrogen) atoms. The van der Waals surface area contributed by atoms with E-state index >= 15 is 0 Å². The smallest absolute Gasteiger partial charge is 0.163 e. The minimum Gasteiger partial charge on any atom is -0.383 e. The number of nitrogens with two attached hydrogens (primary N) is 1. The second-order valence-corrected chi connectivity index (χ2v) is 5.77. The molecule has 0 bridgehead atoms. The first kappa shape index (κ1) is 13.9. The zero-order valence-electron chi connectivity index (χ0n) is 11.3. The lowest BCUT2D eigenvalue weighted by Gasteiger charge is -2.11. The van der Waals surface area contributed by atoms with E-state index in [0.717, 1.165) is 27.7 Å². The van der Waals surface area contributed by atoms with Gasteiger partial charge in [0.1, 0.15) is 5.82 Å². The Bertz CT molecular complexity index is 596. The standard InChI is InChI=1S/C14H17BrN4/c1-8(2)6-11-12(15)13(16)19-14(18-11)10-7-17-5-4-9(10)3/h4-5,7-8H,6H2,1-3H3,(H2,16,18,19). The Balaban J connectivity index is 2.54. The normalized spacial score (nSPS) is 11.0. The van der Waals surface area contributed by atoms with Gasteiger partial charge in [0.15, 0.2) is 5.82 Å². The highest BCUT2D eigenvalue weighted by atomic mass is 79.9. The molecule has 0 unspecified atom stereocenters. The van der Waals surface area contributed by atoms with Gasteiger partial charge in [0.25, 0.3) is 0 Å². The maximum absolute atomic E-state index is 5.97. The molecule has 100 valence electrons. The number of aromatic nitrogens is 3. The van der Waals surface area contributed by atoms with Gasteiger partial charge in [-0.05, 0) is 46.8 Å². The van der Waals surface area contributed by atoms with Crippen LogP contribution in [0, 0.1) is 12.8 Å². The fraction of sp³-hybridized carbons (Fsp3) is 0.357. The van der Waals surface area contributed by atoms with Crippen molar-refractivity contribution in [3.05, 3.63) is 34.2 Å². The predicted octanol–water partition coefficient (Wildman–Crippen LogP) is 3.39. The van der Waals surface area contributed by atoms with Crippen LogP contribution >= 0.6 is 15.9 Å². The number of aryl methyl sites for hydroxylation is 1. The van der Waals surface area contributed by atoms with Crippen LogP contribution in [0.3, 0.4) is 0 Å². The largest absolute Gasteiger partial charge is 0.383 e. The number of anilines is 1. The lowest BCUT2D eigenvalue weighted by Crippen LogP contribution is -2.06. The van der Waals surface area contributed by atoms with Gasteiger partial charge in [0, 0.05) is 18.0 Å². The summed E-state index contributed by atoms with van der Waals surface area (Å²) in [5.74, 6) is 1.62. The molecule has 0 aliphatic carbocycles. The molecule has 0 aliphatic heterocycles. The summed E-state index contributed by atoms with van der Waals surface area (Å²) in [5, 5.41) is 0. The van der Waals surface area contributed by atoms with Crippen LogP contribution in [0.5, 0.6) is 0 Å². The van der Waals surface area contributed by atoms with Crippen molar-refractivity contribution < 1.29 is 0 Å². The quantitative estimate of drug-likeness (QED) is 0.941. The number of halogens is 1. The molecule has 0 atom stereocenters. The maximum Gasteiger partial charge on any atom is 0.163 e. The molecule has 2 heterocycles. The van der Waals surface area contributed by atoms with E-state index in [9.17, 15) is 0 Å². The number of hydrogen-bond acceptors (Lipinski definition) is 4. The van der Waals surface area contributed by atoms with Crippen molar-refractivity contribution in [2.45, 2.75) is 27.2 Å². The van der Waals surface area contributed by atoms with Crippen molar-refractivity contribution in [2.24, 2.45) is 5.92 Å². The van der Waals surface area contributed by atoms with E-state index in [4.69, 9.17) is 5.73 Å². The highest BCUT2D eigenvalue weighted by Gasteiger charge is 2.14. The molecule has 0 fully saturated rings. The average molecular weight is 321 g/mol. The number of nitrogen functional groups attached to an aromatic ring is 1. The van der Waals surface area contributed by atoms with Crippen molar-refractivity contribution in [3.63, 3.8) is 0 Å². The van der Waals surface area contributed by atoms with Gasteiger partial charge < -0.3 is 5.73 Å². The van der Waals surface area contributed by atoms with E-state index in [0.29, 0.717) is 17.6 Å².